The predicted molar refractivity (Wildman–Crippen MR) is 72.3 cm³/mol. The summed E-state index contributed by atoms with van der Waals surface area (Å²) in [5.41, 5.74) is 6.72. The normalized spacial score (nSPS) is 19.7. The zero-order valence-electron chi connectivity index (χ0n) is 10.9. The Bertz CT molecular complexity index is 465. The maximum Gasteiger partial charge on any atom is 0.146 e. The molecule has 0 aromatic carbocycles. The number of rotatable bonds is 3. The van der Waals surface area contributed by atoms with Crippen LogP contribution < -0.4 is 10.6 Å². The third-order valence-electron chi connectivity index (χ3n) is 3.53. The first-order valence-electron chi connectivity index (χ1n) is 6.19. The molecule has 1 fully saturated rings. The first kappa shape index (κ1) is 12.7. The predicted octanol–water partition coefficient (Wildman–Crippen LogP) is 1.07. The van der Waals surface area contributed by atoms with Crippen molar-refractivity contribution < 1.29 is 0 Å². The molecule has 1 aliphatic rings. The first-order valence-corrected chi connectivity index (χ1v) is 6.19. The highest BCUT2D eigenvalue weighted by Crippen LogP contribution is 2.21. The summed E-state index contributed by atoms with van der Waals surface area (Å²) in [5, 5.41) is 9.12. The van der Waals surface area contributed by atoms with Crippen LogP contribution in [-0.2, 0) is 0 Å². The van der Waals surface area contributed by atoms with Gasteiger partial charge in [0, 0.05) is 19.6 Å². The number of nitriles is 1. The number of nitrogens with zero attached hydrogens (tertiary/aromatic N) is 4. The maximum atomic E-state index is 9.12. The van der Waals surface area contributed by atoms with Crippen LogP contribution in [0.5, 0.6) is 0 Å². The molecule has 0 saturated carbocycles. The number of anilines is 2. The fraction of sp³-hybridized carbons (Fsp3) is 0.538. The molecule has 1 atom stereocenters. The van der Waals surface area contributed by atoms with E-state index in [0.29, 0.717) is 23.1 Å². The van der Waals surface area contributed by atoms with E-state index >= 15 is 0 Å². The smallest absolute Gasteiger partial charge is 0.146 e. The van der Waals surface area contributed by atoms with Crippen LogP contribution in [0.3, 0.4) is 0 Å². The van der Waals surface area contributed by atoms with Crippen molar-refractivity contribution in [3.05, 3.63) is 17.8 Å². The first-order chi connectivity index (χ1) is 8.61. The van der Waals surface area contributed by atoms with E-state index in [2.05, 4.69) is 23.0 Å². The van der Waals surface area contributed by atoms with Gasteiger partial charge in [-0.15, -0.1) is 0 Å². The molecule has 2 heterocycles. The Morgan fingerprint density at radius 2 is 2.44 bits per heavy atom. The average molecular weight is 245 g/mol. The zero-order chi connectivity index (χ0) is 13.1. The quantitative estimate of drug-likeness (QED) is 0.862. The molecule has 18 heavy (non-hydrogen) atoms. The second-order valence-electron chi connectivity index (χ2n) is 4.91. The van der Waals surface area contributed by atoms with Crippen molar-refractivity contribution in [2.75, 3.05) is 37.8 Å². The molecule has 0 amide bonds. The van der Waals surface area contributed by atoms with E-state index in [1.165, 1.54) is 12.8 Å². The van der Waals surface area contributed by atoms with Crippen molar-refractivity contribution in [3.63, 3.8) is 0 Å². The van der Waals surface area contributed by atoms with Crippen LogP contribution in [0.25, 0.3) is 0 Å². The van der Waals surface area contributed by atoms with Crippen LogP contribution >= 0.6 is 0 Å². The third-order valence-corrected chi connectivity index (χ3v) is 3.53. The average Bonchev–Trinajstić information content (AvgIpc) is 2.74. The van der Waals surface area contributed by atoms with Gasteiger partial charge in [-0.2, -0.15) is 5.26 Å². The molecule has 1 unspecified atom stereocenters. The Morgan fingerprint density at radius 1 is 1.67 bits per heavy atom. The van der Waals surface area contributed by atoms with Gasteiger partial charge < -0.3 is 15.5 Å². The Hall–Kier alpha value is -1.80. The molecule has 5 nitrogen and oxygen atoms in total. The molecule has 1 aromatic heterocycles. The summed E-state index contributed by atoms with van der Waals surface area (Å²) in [4.78, 5) is 8.68. The lowest BCUT2D eigenvalue weighted by Gasteiger charge is -2.27. The minimum absolute atomic E-state index is 0.529. The summed E-state index contributed by atoms with van der Waals surface area (Å²) >= 11 is 0. The maximum absolute atomic E-state index is 9.12. The minimum Gasteiger partial charge on any atom is -0.397 e. The van der Waals surface area contributed by atoms with Gasteiger partial charge in [-0.3, -0.25) is 0 Å². The van der Waals surface area contributed by atoms with Crippen LogP contribution in [0, 0.1) is 11.3 Å². The van der Waals surface area contributed by atoms with Crippen LogP contribution in [0.15, 0.2) is 12.3 Å². The number of nitrogens with two attached hydrogens (primary N) is 1. The third kappa shape index (κ3) is 2.54. The molecular weight excluding hydrogens is 226 g/mol. The molecule has 1 aliphatic heterocycles. The van der Waals surface area contributed by atoms with E-state index in [0.717, 1.165) is 13.1 Å². The van der Waals surface area contributed by atoms with E-state index in [-0.39, 0.29) is 0 Å². The molecule has 2 rings (SSSR count). The van der Waals surface area contributed by atoms with Crippen molar-refractivity contribution >= 4 is 11.5 Å². The van der Waals surface area contributed by atoms with Crippen LogP contribution in [0.2, 0.25) is 0 Å². The van der Waals surface area contributed by atoms with Crippen LogP contribution in [0.4, 0.5) is 11.5 Å². The van der Waals surface area contributed by atoms with Gasteiger partial charge in [-0.1, -0.05) is 0 Å². The lowest BCUT2D eigenvalue weighted by molar-refractivity contribution is 0.314. The molecule has 0 radical (unpaired) electrons. The highest BCUT2D eigenvalue weighted by molar-refractivity contribution is 5.58. The summed E-state index contributed by atoms with van der Waals surface area (Å²) in [6.07, 6.45) is 4.05. The van der Waals surface area contributed by atoms with Gasteiger partial charge in [-0.25, -0.2) is 4.98 Å². The number of likely N-dealkylation sites (tertiary alicyclic amines) is 1. The van der Waals surface area contributed by atoms with Crippen molar-refractivity contribution in [1.29, 1.82) is 5.26 Å². The summed E-state index contributed by atoms with van der Waals surface area (Å²) in [6.45, 7) is 2.04. The largest absolute Gasteiger partial charge is 0.397 e. The number of pyridine rings is 1. The summed E-state index contributed by atoms with van der Waals surface area (Å²) in [6, 6.07) is 4.38. The molecule has 0 spiro atoms. The fourth-order valence-electron chi connectivity index (χ4n) is 2.47. The summed E-state index contributed by atoms with van der Waals surface area (Å²) < 4.78 is 0. The monoisotopic (exact) mass is 245 g/mol. The van der Waals surface area contributed by atoms with E-state index in [4.69, 9.17) is 11.0 Å². The minimum atomic E-state index is 0.529. The van der Waals surface area contributed by atoms with Gasteiger partial charge in [0.1, 0.15) is 11.9 Å². The molecule has 96 valence electrons. The number of likely N-dealkylation sites (N-methyl/N-ethyl adjacent to an activating group) is 2. The van der Waals surface area contributed by atoms with Gasteiger partial charge in [0.2, 0.25) is 0 Å². The molecule has 0 aliphatic carbocycles. The van der Waals surface area contributed by atoms with Gasteiger partial charge >= 0.3 is 0 Å². The van der Waals surface area contributed by atoms with Crippen LogP contribution in [0.1, 0.15) is 18.4 Å². The van der Waals surface area contributed by atoms with E-state index in [1.54, 1.807) is 12.3 Å². The molecule has 2 N–H and O–H groups in total. The Kier molecular flexibility index (Phi) is 3.68. The van der Waals surface area contributed by atoms with Crippen molar-refractivity contribution in [1.82, 2.24) is 9.88 Å². The molecule has 5 heteroatoms. The number of nitrogen functional groups attached to an aromatic ring is 1. The second kappa shape index (κ2) is 5.23. The Labute approximate surface area is 108 Å². The Balaban J connectivity index is 2.13. The van der Waals surface area contributed by atoms with Crippen molar-refractivity contribution in [3.8, 4) is 6.07 Å². The molecular formula is C13H19N5. The van der Waals surface area contributed by atoms with E-state index in [1.807, 2.05) is 11.9 Å². The van der Waals surface area contributed by atoms with E-state index in [9.17, 15) is 0 Å². The van der Waals surface area contributed by atoms with Crippen molar-refractivity contribution in [2.24, 2.45) is 0 Å². The van der Waals surface area contributed by atoms with Crippen molar-refractivity contribution in [2.45, 2.75) is 18.9 Å². The van der Waals surface area contributed by atoms with Gasteiger partial charge in [0.25, 0.3) is 0 Å². The van der Waals surface area contributed by atoms with Gasteiger partial charge in [0.05, 0.1) is 17.4 Å². The standard InChI is InChI=1S/C13H19N5/c1-17-5-3-4-12(17)9-18(2)13-10(7-14)6-11(15)8-16-13/h6,8,12H,3-5,9,15H2,1-2H3. The van der Waals surface area contributed by atoms with E-state index < -0.39 is 0 Å². The zero-order valence-corrected chi connectivity index (χ0v) is 10.9. The summed E-state index contributed by atoms with van der Waals surface area (Å²) in [5.74, 6) is 0.715. The lowest BCUT2D eigenvalue weighted by atomic mass is 10.2. The highest BCUT2D eigenvalue weighted by Gasteiger charge is 2.23. The highest BCUT2D eigenvalue weighted by atomic mass is 15.2. The number of hydrogen-bond donors (Lipinski definition) is 1. The SMILES string of the molecule is CN(CC1CCCN1C)c1ncc(N)cc1C#N. The summed E-state index contributed by atoms with van der Waals surface area (Å²) in [7, 11) is 4.12. The number of aromatic nitrogens is 1. The lowest BCUT2D eigenvalue weighted by Crippen LogP contribution is -2.37. The number of hydrogen-bond acceptors (Lipinski definition) is 5. The topological polar surface area (TPSA) is 69.2 Å². The Morgan fingerprint density at radius 3 is 3.06 bits per heavy atom. The van der Waals surface area contributed by atoms with Gasteiger partial charge in [-0.05, 0) is 32.5 Å². The molecule has 0 bridgehead atoms. The molecule has 1 saturated heterocycles. The van der Waals surface area contributed by atoms with Gasteiger partial charge in [0.15, 0.2) is 0 Å². The molecule has 1 aromatic rings. The van der Waals surface area contributed by atoms with Crippen LogP contribution in [-0.4, -0.2) is 43.1 Å². The second-order valence-corrected chi connectivity index (χ2v) is 4.91. The fourth-order valence-corrected chi connectivity index (χ4v) is 2.47.